The summed E-state index contributed by atoms with van der Waals surface area (Å²) < 4.78 is 0. The van der Waals surface area contributed by atoms with Crippen molar-refractivity contribution in [3.8, 4) is 0 Å². The van der Waals surface area contributed by atoms with E-state index in [1.165, 1.54) is 5.56 Å². The lowest BCUT2D eigenvalue weighted by Crippen LogP contribution is -2.56. The maximum Gasteiger partial charge on any atom is 0.243 e. The molecule has 0 bridgehead atoms. The van der Waals surface area contributed by atoms with Gasteiger partial charge in [-0.2, -0.15) is 0 Å². The first kappa shape index (κ1) is 16.0. The second kappa shape index (κ2) is 7.08. The van der Waals surface area contributed by atoms with Crippen LogP contribution in [-0.2, 0) is 11.3 Å². The summed E-state index contributed by atoms with van der Waals surface area (Å²) in [6.07, 6.45) is 3.91. The highest BCUT2D eigenvalue weighted by Crippen LogP contribution is 2.27. The molecule has 116 valence electrons. The first-order valence-corrected chi connectivity index (χ1v) is 8.23. The summed E-state index contributed by atoms with van der Waals surface area (Å²) >= 11 is 0. The molecule has 1 aromatic carbocycles. The van der Waals surface area contributed by atoms with Gasteiger partial charge >= 0.3 is 0 Å². The SMILES string of the molecule is CCC(C)N(Cc1ccccc1)C(=O)C1(CC)CCCN1. The highest BCUT2D eigenvalue weighted by atomic mass is 16.2. The van der Waals surface area contributed by atoms with Gasteiger partial charge < -0.3 is 10.2 Å². The van der Waals surface area contributed by atoms with Gasteiger partial charge in [-0.15, -0.1) is 0 Å². The third-order valence-corrected chi connectivity index (χ3v) is 4.84. The molecule has 1 heterocycles. The Morgan fingerprint density at radius 1 is 1.33 bits per heavy atom. The highest BCUT2D eigenvalue weighted by Gasteiger charge is 2.42. The van der Waals surface area contributed by atoms with E-state index >= 15 is 0 Å². The fourth-order valence-corrected chi connectivity index (χ4v) is 3.14. The Labute approximate surface area is 128 Å². The average molecular weight is 288 g/mol. The number of hydrogen-bond acceptors (Lipinski definition) is 2. The van der Waals surface area contributed by atoms with Crippen LogP contribution in [0, 0.1) is 0 Å². The summed E-state index contributed by atoms with van der Waals surface area (Å²) in [5.74, 6) is 0.278. The topological polar surface area (TPSA) is 32.3 Å². The fourth-order valence-electron chi connectivity index (χ4n) is 3.14. The Balaban J connectivity index is 2.21. The molecular formula is C18H28N2O. The Bertz CT molecular complexity index is 452. The average Bonchev–Trinajstić information content (AvgIpc) is 3.02. The van der Waals surface area contributed by atoms with Crippen LogP contribution >= 0.6 is 0 Å². The number of carbonyl (C=O) groups is 1. The molecule has 3 nitrogen and oxygen atoms in total. The van der Waals surface area contributed by atoms with Crippen molar-refractivity contribution in [1.82, 2.24) is 10.2 Å². The number of amides is 1. The zero-order valence-electron chi connectivity index (χ0n) is 13.6. The first-order valence-electron chi connectivity index (χ1n) is 8.23. The summed E-state index contributed by atoms with van der Waals surface area (Å²) in [5.41, 5.74) is 0.869. The van der Waals surface area contributed by atoms with Crippen molar-refractivity contribution >= 4 is 5.91 Å². The zero-order valence-corrected chi connectivity index (χ0v) is 13.6. The quantitative estimate of drug-likeness (QED) is 0.870. The summed E-state index contributed by atoms with van der Waals surface area (Å²) in [5, 5.41) is 3.47. The standard InChI is InChI=1S/C18H28N2O/c1-4-15(3)20(14-16-10-7-6-8-11-16)17(21)18(5-2)12-9-13-19-18/h6-8,10-11,15,19H,4-5,9,12-14H2,1-3H3. The van der Waals surface area contributed by atoms with Crippen molar-refractivity contribution in [3.63, 3.8) is 0 Å². The smallest absolute Gasteiger partial charge is 0.243 e. The molecule has 1 saturated heterocycles. The molecular weight excluding hydrogens is 260 g/mol. The predicted octanol–water partition coefficient (Wildman–Crippen LogP) is 3.35. The molecule has 0 spiro atoms. The minimum atomic E-state index is -0.335. The van der Waals surface area contributed by atoms with Gasteiger partial charge in [-0.05, 0) is 44.7 Å². The van der Waals surface area contributed by atoms with Crippen LogP contribution in [0.1, 0.15) is 52.0 Å². The lowest BCUT2D eigenvalue weighted by Gasteiger charge is -2.37. The normalized spacial score (nSPS) is 23.0. The number of nitrogens with one attached hydrogen (secondary N) is 1. The molecule has 2 rings (SSSR count). The van der Waals surface area contributed by atoms with Gasteiger partial charge in [0.05, 0.1) is 5.54 Å². The second-order valence-corrected chi connectivity index (χ2v) is 6.14. The van der Waals surface area contributed by atoms with Crippen LogP contribution in [-0.4, -0.2) is 28.9 Å². The molecule has 0 radical (unpaired) electrons. The summed E-state index contributed by atoms with van der Waals surface area (Å²) in [6, 6.07) is 10.6. The molecule has 1 N–H and O–H groups in total. The molecule has 0 saturated carbocycles. The van der Waals surface area contributed by atoms with E-state index in [0.717, 1.165) is 32.2 Å². The van der Waals surface area contributed by atoms with Crippen LogP contribution in [0.3, 0.4) is 0 Å². The van der Waals surface area contributed by atoms with Gasteiger partial charge in [0.15, 0.2) is 0 Å². The minimum absolute atomic E-state index is 0.267. The fraction of sp³-hybridized carbons (Fsp3) is 0.611. The number of carbonyl (C=O) groups excluding carboxylic acids is 1. The van der Waals surface area contributed by atoms with Gasteiger partial charge in [0.25, 0.3) is 0 Å². The van der Waals surface area contributed by atoms with E-state index in [2.05, 4.69) is 43.1 Å². The molecule has 0 aliphatic carbocycles. The molecule has 21 heavy (non-hydrogen) atoms. The third-order valence-electron chi connectivity index (χ3n) is 4.84. The Morgan fingerprint density at radius 2 is 2.05 bits per heavy atom. The number of nitrogens with zero attached hydrogens (tertiary/aromatic N) is 1. The van der Waals surface area contributed by atoms with Crippen molar-refractivity contribution in [2.24, 2.45) is 0 Å². The molecule has 1 aliphatic heterocycles. The number of rotatable bonds is 6. The second-order valence-electron chi connectivity index (χ2n) is 6.14. The molecule has 2 unspecified atom stereocenters. The van der Waals surface area contributed by atoms with E-state index in [9.17, 15) is 4.79 Å². The lowest BCUT2D eigenvalue weighted by atomic mass is 9.91. The van der Waals surface area contributed by atoms with Crippen LogP contribution in [0.5, 0.6) is 0 Å². The molecule has 1 aromatic rings. The minimum Gasteiger partial charge on any atom is -0.334 e. The maximum absolute atomic E-state index is 13.2. The van der Waals surface area contributed by atoms with Crippen LogP contribution < -0.4 is 5.32 Å². The van der Waals surface area contributed by atoms with E-state index in [0.29, 0.717) is 6.54 Å². The van der Waals surface area contributed by atoms with Crippen molar-refractivity contribution < 1.29 is 4.79 Å². The van der Waals surface area contributed by atoms with Crippen LogP contribution in [0.25, 0.3) is 0 Å². The van der Waals surface area contributed by atoms with Gasteiger partial charge in [-0.25, -0.2) is 0 Å². The molecule has 2 atom stereocenters. The van der Waals surface area contributed by atoms with Gasteiger partial charge in [-0.3, -0.25) is 4.79 Å². The van der Waals surface area contributed by atoms with E-state index in [-0.39, 0.29) is 17.5 Å². The number of hydrogen-bond donors (Lipinski definition) is 1. The largest absolute Gasteiger partial charge is 0.334 e. The van der Waals surface area contributed by atoms with E-state index in [4.69, 9.17) is 0 Å². The molecule has 0 aromatic heterocycles. The number of benzene rings is 1. The van der Waals surface area contributed by atoms with Crippen LogP contribution in [0.15, 0.2) is 30.3 Å². The highest BCUT2D eigenvalue weighted by molar-refractivity contribution is 5.87. The van der Waals surface area contributed by atoms with Crippen molar-refractivity contribution in [3.05, 3.63) is 35.9 Å². The predicted molar refractivity (Wildman–Crippen MR) is 87.0 cm³/mol. The molecule has 3 heteroatoms. The summed E-state index contributed by atoms with van der Waals surface area (Å²) in [4.78, 5) is 15.2. The van der Waals surface area contributed by atoms with E-state index in [1.807, 2.05) is 18.2 Å². The Morgan fingerprint density at radius 3 is 2.57 bits per heavy atom. The van der Waals surface area contributed by atoms with Crippen LogP contribution in [0.4, 0.5) is 0 Å². The summed E-state index contributed by atoms with van der Waals surface area (Å²) in [7, 11) is 0. The van der Waals surface area contributed by atoms with Crippen molar-refractivity contribution in [1.29, 1.82) is 0 Å². The van der Waals surface area contributed by atoms with Gasteiger partial charge in [0, 0.05) is 12.6 Å². The van der Waals surface area contributed by atoms with Gasteiger partial charge in [-0.1, -0.05) is 44.2 Å². The maximum atomic E-state index is 13.2. The Hall–Kier alpha value is -1.35. The molecule has 1 fully saturated rings. The van der Waals surface area contributed by atoms with E-state index in [1.54, 1.807) is 0 Å². The van der Waals surface area contributed by atoms with Crippen molar-refractivity contribution in [2.75, 3.05) is 6.54 Å². The molecule has 1 aliphatic rings. The molecule has 1 amide bonds. The summed E-state index contributed by atoms with van der Waals surface area (Å²) in [6.45, 7) is 8.08. The van der Waals surface area contributed by atoms with Crippen molar-refractivity contribution in [2.45, 2.75) is 64.6 Å². The first-order chi connectivity index (χ1) is 10.1. The third kappa shape index (κ3) is 3.46. The van der Waals surface area contributed by atoms with Gasteiger partial charge in [0.1, 0.15) is 0 Å². The Kier molecular flexibility index (Phi) is 5.40. The zero-order chi connectivity index (χ0) is 15.3. The van der Waals surface area contributed by atoms with Crippen LogP contribution in [0.2, 0.25) is 0 Å². The lowest BCUT2D eigenvalue weighted by molar-refractivity contribution is -0.141. The van der Waals surface area contributed by atoms with E-state index < -0.39 is 0 Å². The van der Waals surface area contributed by atoms with Gasteiger partial charge in [0.2, 0.25) is 5.91 Å². The monoisotopic (exact) mass is 288 g/mol.